The van der Waals surface area contributed by atoms with Crippen LogP contribution < -0.4 is 5.73 Å². The molecule has 0 aliphatic rings. The van der Waals surface area contributed by atoms with Gasteiger partial charge in [0.05, 0.1) is 6.54 Å². The average Bonchev–Trinajstić information content (AvgIpc) is 2.69. The van der Waals surface area contributed by atoms with Crippen molar-refractivity contribution in [2.24, 2.45) is 17.9 Å². The number of oxime groups is 1. The SMILES string of the molecule is CCN(CCC(N)=NO)Cc1ncnn1C. The van der Waals surface area contributed by atoms with Crippen molar-refractivity contribution < 1.29 is 5.21 Å². The summed E-state index contributed by atoms with van der Waals surface area (Å²) in [7, 11) is 1.86. The van der Waals surface area contributed by atoms with Gasteiger partial charge in [-0.05, 0) is 6.54 Å². The van der Waals surface area contributed by atoms with Gasteiger partial charge in [-0.25, -0.2) is 4.98 Å². The van der Waals surface area contributed by atoms with E-state index in [2.05, 4.69) is 27.1 Å². The van der Waals surface area contributed by atoms with Crippen molar-refractivity contribution in [2.45, 2.75) is 19.9 Å². The number of amidine groups is 1. The molecular formula is C9H18N6O. The third-order valence-corrected chi connectivity index (χ3v) is 2.43. The summed E-state index contributed by atoms with van der Waals surface area (Å²) in [4.78, 5) is 6.30. The summed E-state index contributed by atoms with van der Waals surface area (Å²) in [5.41, 5.74) is 5.42. The van der Waals surface area contributed by atoms with Gasteiger partial charge in [-0.1, -0.05) is 12.1 Å². The molecular weight excluding hydrogens is 208 g/mol. The third-order valence-electron chi connectivity index (χ3n) is 2.43. The van der Waals surface area contributed by atoms with Crippen LogP contribution in [-0.2, 0) is 13.6 Å². The first kappa shape index (κ1) is 12.4. The lowest BCUT2D eigenvalue weighted by atomic mass is 10.3. The minimum atomic E-state index is 0.247. The van der Waals surface area contributed by atoms with Gasteiger partial charge in [-0.2, -0.15) is 5.10 Å². The molecule has 0 aromatic carbocycles. The maximum Gasteiger partial charge on any atom is 0.140 e. The van der Waals surface area contributed by atoms with Crippen molar-refractivity contribution in [3.63, 3.8) is 0 Å². The smallest absolute Gasteiger partial charge is 0.140 e. The molecule has 1 aromatic rings. The maximum atomic E-state index is 8.44. The fraction of sp³-hybridized carbons (Fsp3) is 0.667. The molecule has 0 aliphatic carbocycles. The highest BCUT2D eigenvalue weighted by Gasteiger charge is 2.08. The molecule has 0 radical (unpaired) electrons. The van der Waals surface area contributed by atoms with E-state index in [9.17, 15) is 0 Å². The first-order valence-electron chi connectivity index (χ1n) is 5.19. The highest BCUT2D eigenvalue weighted by molar-refractivity contribution is 5.79. The first-order chi connectivity index (χ1) is 7.67. The Kier molecular flexibility index (Phi) is 4.71. The molecule has 90 valence electrons. The fourth-order valence-corrected chi connectivity index (χ4v) is 1.33. The Morgan fingerprint density at radius 1 is 1.69 bits per heavy atom. The second kappa shape index (κ2) is 6.06. The van der Waals surface area contributed by atoms with Crippen LogP contribution in [0, 0.1) is 0 Å². The Labute approximate surface area is 94.6 Å². The van der Waals surface area contributed by atoms with Gasteiger partial charge in [0.1, 0.15) is 18.0 Å². The van der Waals surface area contributed by atoms with Crippen LogP contribution in [0.1, 0.15) is 19.2 Å². The van der Waals surface area contributed by atoms with Gasteiger partial charge in [-0.15, -0.1) is 0 Å². The summed E-state index contributed by atoms with van der Waals surface area (Å²) >= 11 is 0. The molecule has 7 nitrogen and oxygen atoms in total. The Morgan fingerprint density at radius 2 is 2.44 bits per heavy atom. The molecule has 0 saturated heterocycles. The van der Waals surface area contributed by atoms with E-state index in [1.807, 2.05) is 7.05 Å². The molecule has 0 bridgehead atoms. The summed E-state index contributed by atoms with van der Waals surface area (Å²) < 4.78 is 1.74. The van der Waals surface area contributed by atoms with Crippen molar-refractivity contribution in [2.75, 3.05) is 13.1 Å². The lowest BCUT2D eigenvalue weighted by Crippen LogP contribution is -2.29. The molecule has 0 unspecified atom stereocenters. The van der Waals surface area contributed by atoms with Crippen LogP contribution in [0.15, 0.2) is 11.5 Å². The van der Waals surface area contributed by atoms with Crippen molar-refractivity contribution >= 4 is 5.84 Å². The molecule has 3 N–H and O–H groups in total. The van der Waals surface area contributed by atoms with Crippen LogP contribution in [0.5, 0.6) is 0 Å². The van der Waals surface area contributed by atoms with Gasteiger partial charge in [0.25, 0.3) is 0 Å². The minimum absolute atomic E-state index is 0.247. The summed E-state index contributed by atoms with van der Waals surface area (Å²) in [6.45, 7) is 4.39. The van der Waals surface area contributed by atoms with E-state index in [0.717, 1.165) is 18.9 Å². The van der Waals surface area contributed by atoms with Crippen LogP contribution in [0.4, 0.5) is 0 Å². The van der Waals surface area contributed by atoms with Gasteiger partial charge in [0.2, 0.25) is 0 Å². The number of rotatable bonds is 6. The Bertz CT molecular complexity index is 348. The molecule has 16 heavy (non-hydrogen) atoms. The number of hydrogen-bond acceptors (Lipinski definition) is 5. The van der Waals surface area contributed by atoms with E-state index in [1.165, 1.54) is 6.33 Å². The number of aromatic nitrogens is 3. The van der Waals surface area contributed by atoms with Gasteiger partial charge < -0.3 is 10.9 Å². The van der Waals surface area contributed by atoms with E-state index < -0.39 is 0 Å². The normalized spacial score (nSPS) is 12.3. The first-order valence-corrected chi connectivity index (χ1v) is 5.19. The average molecular weight is 226 g/mol. The molecule has 1 rings (SSSR count). The zero-order valence-electron chi connectivity index (χ0n) is 9.67. The monoisotopic (exact) mass is 226 g/mol. The standard InChI is InChI=1S/C9H18N6O/c1-3-15(5-4-8(10)13-16)6-9-11-7-12-14(9)2/h7,16H,3-6H2,1-2H3,(H2,10,13). The quantitative estimate of drug-likeness (QED) is 0.302. The predicted molar refractivity (Wildman–Crippen MR) is 60.0 cm³/mol. The van der Waals surface area contributed by atoms with Crippen molar-refractivity contribution in [3.05, 3.63) is 12.2 Å². The third kappa shape index (κ3) is 3.50. The summed E-state index contributed by atoms with van der Waals surface area (Å²) in [5.74, 6) is 1.15. The molecule has 1 heterocycles. The van der Waals surface area contributed by atoms with Crippen LogP contribution in [0.25, 0.3) is 0 Å². The molecule has 0 saturated carbocycles. The second-order valence-electron chi connectivity index (χ2n) is 3.51. The number of nitrogens with two attached hydrogens (primary N) is 1. The van der Waals surface area contributed by atoms with Crippen molar-refractivity contribution in [3.8, 4) is 0 Å². The van der Waals surface area contributed by atoms with Crippen LogP contribution in [0.3, 0.4) is 0 Å². The largest absolute Gasteiger partial charge is 0.409 e. The predicted octanol–water partition coefficient (Wildman–Crippen LogP) is -0.226. The molecule has 0 fully saturated rings. The number of nitrogens with zero attached hydrogens (tertiary/aromatic N) is 5. The Morgan fingerprint density at radius 3 is 2.94 bits per heavy atom. The van der Waals surface area contributed by atoms with E-state index >= 15 is 0 Å². The Balaban J connectivity index is 2.46. The zero-order valence-corrected chi connectivity index (χ0v) is 9.67. The Hall–Kier alpha value is -1.63. The van der Waals surface area contributed by atoms with E-state index in [4.69, 9.17) is 10.9 Å². The van der Waals surface area contributed by atoms with Crippen LogP contribution in [-0.4, -0.2) is 43.8 Å². The van der Waals surface area contributed by atoms with Crippen molar-refractivity contribution in [1.82, 2.24) is 19.7 Å². The molecule has 0 spiro atoms. The maximum absolute atomic E-state index is 8.44. The van der Waals surface area contributed by atoms with Gasteiger partial charge in [0.15, 0.2) is 0 Å². The molecule has 1 aromatic heterocycles. The number of hydrogen-bond donors (Lipinski definition) is 2. The van der Waals surface area contributed by atoms with Gasteiger partial charge in [0, 0.05) is 20.0 Å². The molecule has 7 heteroatoms. The highest BCUT2D eigenvalue weighted by atomic mass is 16.4. The molecule has 0 aliphatic heterocycles. The van der Waals surface area contributed by atoms with Gasteiger partial charge in [-0.3, -0.25) is 9.58 Å². The summed E-state index contributed by atoms with van der Waals surface area (Å²) in [6.07, 6.45) is 2.08. The minimum Gasteiger partial charge on any atom is -0.409 e. The zero-order chi connectivity index (χ0) is 12.0. The fourth-order valence-electron chi connectivity index (χ4n) is 1.33. The van der Waals surface area contributed by atoms with Gasteiger partial charge >= 0.3 is 0 Å². The highest BCUT2D eigenvalue weighted by Crippen LogP contribution is 2.00. The second-order valence-corrected chi connectivity index (χ2v) is 3.51. The summed E-state index contributed by atoms with van der Waals surface area (Å²) in [5, 5.41) is 15.4. The topological polar surface area (TPSA) is 92.6 Å². The van der Waals surface area contributed by atoms with E-state index in [-0.39, 0.29) is 5.84 Å². The van der Waals surface area contributed by atoms with Crippen LogP contribution >= 0.6 is 0 Å². The van der Waals surface area contributed by atoms with Crippen LogP contribution in [0.2, 0.25) is 0 Å². The number of aryl methyl sites for hydroxylation is 1. The summed E-state index contributed by atoms with van der Waals surface area (Å²) in [6, 6.07) is 0. The molecule has 0 amide bonds. The lowest BCUT2D eigenvalue weighted by molar-refractivity contribution is 0.273. The molecule has 0 atom stereocenters. The lowest BCUT2D eigenvalue weighted by Gasteiger charge is -2.18. The van der Waals surface area contributed by atoms with Crippen molar-refractivity contribution in [1.29, 1.82) is 0 Å². The van der Waals surface area contributed by atoms with E-state index in [0.29, 0.717) is 13.0 Å². The van der Waals surface area contributed by atoms with E-state index in [1.54, 1.807) is 4.68 Å².